The minimum atomic E-state index is 0.371. The molecule has 1 aliphatic rings. The summed E-state index contributed by atoms with van der Waals surface area (Å²) in [6.07, 6.45) is 5.99. The second-order valence-corrected chi connectivity index (χ2v) is 5.67. The van der Waals surface area contributed by atoms with Gasteiger partial charge < -0.3 is 9.94 Å². The molecule has 1 N–H and O–H groups in total. The first-order valence-corrected chi connectivity index (χ1v) is 7.10. The van der Waals surface area contributed by atoms with Gasteiger partial charge in [-0.25, -0.2) is 0 Å². The van der Waals surface area contributed by atoms with Crippen molar-refractivity contribution in [3.63, 3.8) is 0 Å². The average Bonchev–Trinajstić information content (AvgIpc) is 2.41. The van der Waals surface area contributed by atoms with Gasteiger partial charge in [0, 0.05) is 6.42 Å². The molecule has 0 aromatic heterocycles. The summed E-state index contributed by atoms with van der Waals surface area (Å²) in [4.78, 5) is 0. The van der Waals surface area contributed by atoms with Gasteiger partial charge in [-0.3, -0.25) is 0 Å². The van der Waals surface area contributed by atoms with Gasteiger partial charge in [0.25, 0.3) is 0 Å². The van der Waals surface area contributed by atoms with Crippen molar-refractivity contribution in [2.75, 3.05) is 0 Å². The molecule has 0 aliphatic heterocycles. The largest absolute Gasteiger partial charge is 0.490 e. The zero-order chi connectivity index (χ0) is 13.7. The van der Waals surface area contributed by atoms with Gasteiger partial charge in [0.15, 0.2) is 0 Å². The van der Waals surface area contributed by atoms with Crippen molar-refractivity contribution in [2.45, 2.75) is 52.1 Å². The summed E-state index contributed by atoms with van der Waals surface area (Å²) in [6, 6.07) is 8.10. The van der Waals surface area contributed by atoms with Crippen LogP contribution in [0, 0.1) is 5.92 Å². The number of ether oxygens (including phenoxy) is 1. The van der Waals surface area contributed by atoms with Crippen molar-refractivity contribution in [3.05, 3.63) is 29.8 Å². The lowest BCUT2D eigenvalue weighted by molar-refractivity contribution is 0.129. The van der Waals surface area contributed by atoms with E-state index in [-0.39, 0.29) is 0 Å². The first-order valence-electron chi connectivity index (χ1n) is 7.10. The number of rotatable bonds is 4. The molecule has 2 rings (SSSR count). The summed E-state index contributed by atoms with van der Waals surface area (Å²) < 4.78 is 6.03. The van der Waals surface area contributed by atoms with Crippen LogP contribution >= 0.6 is 0 Å². The monoisotopic (exact) mass is 261 g/mol. The SMILES string of the molecule is C/C(Cc1ccc(OC2CCCC(C)C2)cc1)=N\O. The number of benzene rings is 1. The zero-order valence-corrected chi connectivity index (χ0v) is 11.8. The molecule has 3 nitrogen and oxygen atoms in total. The Labute approximate surface area is 115 Å². The van der Waals surface area contributed by atoms with Crippen molar-refractivity contribution >= 4 is 5.71 Å². The van der Waals surface area contributed by atoms with Crippen LogP contribution in [0.2, 0.25) is 0 Å². The Bertz CT molecular complexity index is 425. The molecule has 0 heterocycles. The van der Waals surface area contributed by atoms with Crippen LogP contribution in [0.25, 0.3) is 0 Å². The molecule has 1 saturated carbocycles. The van der Waals surface area contributed by atoms with E-state index in [0.717, 1.165) is 29.4 Å². The molecule has 2 atom stereocenters. The summed E-state index contributed by atoms with van der Waals surface area (Å²) >= 11 is 0. The minimum Gasteiger partial charge on any atom is -0.490 e. The van der Waals surface area contributed by atoms with E-state index in [1.807, 2.05) is 31.2 Å². The van der Waals surface area contributed by atoms with Gasteiger partial charge in [-0.15, -0.1) is 0 Å². The lowest BCUT2D eigenvalue weighted by atomic mass is 9.89. The van der Waals surface area contributed by atoms with E-state index in [4.69, 9.17) is 9.94 Å². The molecule has 1 aromatic carbocycles. The summed E-state index contributed by atoms with van der Waals surface area (Å²) in [5, 5.41) is 11.8. The maximum atomic E-state index is 8.66. The van der Waals surface area contributed by atoms with Crippen LogP contribution in [0.4, 0.5) is 0 Å². The molecule has 104 valence electrons. The third-order valence-corrected chi connectivity index (χ3v) is 3.75. The standard InChI is InChI=1S/C16H23NO2/c1-12-4-3-5-16(10-12)19-15-8-6-14(7-9-15)11-13(2)17-18/h6-9,12,16,18H,3-5,10-11H2,1-2H3/b17-13+. The first kappa shape index (κ1) is 13.9. The van der Waals surface area contributed by atoms with Crippen molar-refractivity contribution in [3.8, 4) is 5.75 Å². The molecule has 19 heavy (non-hydrogen) atoms. The average molecular weight is 261 g/mol. The molecular weight excluding hydrogens is 238 g/mol. The van der Waals surface area contributed by atoms with E-state index < -0.39 is 0 Å². The molecule has 0 bridgehead atoms. The fraction of sp³-hybridized carbons (Fsp3) is 0.562. The normalized spacial score (nSPS) is 24.2. The maximum absolute atomic E-state index is 8.66. The maximum Gasteiger partial charge on any atom is 0.119 e. The second kappa shape index (κ2) is 6.60. The van der Waals surface area contributed by atoms with Gasteiger partial charge in [0.2, 0.25) is 0 Å². The molecule has 1 fully saturated rings. The van der Waals surface area contributed by atoms with Crippen LogP contribution in [0.1, 0.15) is 45.1 Å². The Balaban J connectivity index is 1.91. The van der Waals surface area contributed by atoms with E-state index in [0.29, 0.717) is 12.5 Å². The second-order valence-electron chi connectivity index (χ2n) is 5.67. The van der Waals surface area contributed by atoms with Gasteiger partial charge >= 0.3 is 0 Å². The molecule has 2 unspecified atom stereocenters. The number of hydrogen-bond donors (Lipinski definition) is 1. The van der Waals surface area contributed by atoms with Crippen molar-refractivity contribution in [2.24, 2.45) is 11.1 Å². The molecule has 0 radical (unpaired) electrons. The quantitative estimate of drug-likeness (QED) is 0.505. The molecule has 0 saturated heterocycles. The lowest BCUT2D eigenvalue weighted by Gasteiger charge is -2.27. The van der Waals surface area contributed by atoms with E-state index >= 15 is 0 Å². The third kappa shape index (κ3) is 4.27. The molecule has 1 aliphatic carbocycles. The highest BCUT2D eigenvalue weighted by Crippen LogP contribution is 2.27. The van der Waals surface area contributed by atoms with E-state index in [2.05, 4.69) is 12.1 Å². The van der Waals surface area contributed by atoms with Gasteiger partial charge in [0.05, 0.1) is 11.8 Å². The minimum absolute atomic E-state index is 0.371. The number of nitrogens with zero attached hydrogens (tertiary/aromatic N) is 1. The Morgan fingerprint density at radius 1 is 1.32 bits per heavy atom. The van der Waals surface area contributed by atoms with E-state index in [1.54, 1.807) is 0 Å². The predicted octanol–water partition coefficient (Wildman–Crippen LogP) is 4.04. The smallest absolute Gasteiger partial charge is 0.119 e. The molecular formula is C16H23NO2. The van der Waals surface area contributed by atoms with E-state index in [1.165, 1.54) is 19.3 Å². The van der Waals surface area contributed by atoms with Gasteiger partial charge in [-0.1, -0.05) is 30.6 Å². The van der Waals surface area contributed by atoms with E-state index in [9.17, 15) is 0 Å². The number of oxime groups is 1. The van der Waals surface area contributed by atoms with Gasteiger partial charge in [-0.2, -0.15) is 0 Å². The molecule has 1 aromatic rings. The molecule has 3 heteroatoms. The number of hydrogen-bond acceptors (Lipinski definition) is 3. The predicted molar refractivity (Wildman–Crippen MR) is 77.1 cm³/mol. The Hall–Kier alpha value is -1.51. The van der Waals surface area contributed by atoms with Crippen LogP contribution in [-0.2, 0) is 6.42 Å². The Kier molecular flexibility index (Phi) is 4.83. The zero-order valence-electron chi connectivity index (χ0n) is 11.8. The Morgan fingerprint density at radius 3 is 2.68 bits per heavy atom. The topological polar surface area (TPSA) is 41.8 Å². The fourth-order valence-electron chi connectivity index (χ4n) is 2.69. The highest BCUT2D eigenvalue weighted by atomic mass is 16.5. The fourth-order valence-corrected chi connectivity index (χ4v) is 2.69. The third-order valence-electron chi connectivity index (χ3n) is 3.75. The highest BCUT2D eigenvalue weighted by molar-refractivity contribution is 5.83. The van der Waals surface area contributed by atoms with Crippen molar-refractivity contribution in [1.82, 2.24) is 0 Å². The van der Waals surface area contributed by atoms with Crippen molar-refractivity contribution in [1.29, 1.82) is 0 Å². The van der Waals surface area contributed by atoms with Crippen molar-refractivity contribution < 1.29 is 9.94 Å². The van der Waals surface area contributed by atoms with Gasteiger partial charge in [0.1, 0.15) is 5.75 Å². The molecule has 0 amide bonds. The highest BCUT2D eigenvalue weighted by Gasteiger charge is 2.20. The summed E-state index contributed by atoms with van der Waals surface area (Å²) in [5.74, 6) is 1.72. The van der Waals surface area contributed by atoms with Gasteiger partial charge in [-0.05, 0) is 49.8 Å². The van der Waals surface area contributed by atoms with Crippen LogP contribution in [-0.4, -0.2) is 17.0 Å². The van der Waals surface area contributed by atoms with Crippen LogP contribution in [0.3, 0.4) is 0 Å². The molecule has 0 spiro atoms. The Morgan fingerprint density at radius 2 is 2.05 bits per heavy atom. The summed E-state index contributed by atoms with van der Waals surface area (Å²) in [7, 11) is 0. The lowest BCUT2D eigenvalue weighted by Crippen LogP contribution is -2.24. The van der Waals surface area contributed by atoms with Crippen LogP contribution in [0.5, 0.6) is 5.75 Å². The summed E-state index contributed by atoms with van der Waals surface area (Å²) in [6.45, 7) is 4.11. The van der Waals surface area contributed by atoms with Crippen LogP contribution < -0.4 is 4.74 Å². The van der Waals surface area contributed by atoms with Crippen LogP contribution in [0.15, 0.2) is 29.4 Å². The summed E-state index contributed by atoms with van der Waals surface area (Å²) in [5.41, 5.74) is 1.86. The first-order chi connectivity index (χ1) is 9.17.